The largest absolute Gasteiger partial charge is 0.416 e. The van der Waals surface area contributed by atoms with Crippen LogP contribution in [0, 0.1) is 5.41 Å². The standard InChI is InChI=1S/C26H25F5N6O2/c1-25(2,28)24(39)36-12-14-8-19(21(22(27)33)35-11-14)23(38)37-18-6-7-20(32)15(9-18)13-34-17-5-3-4-16(10-17)26(29,30)31/h3-11,13,22,32,34H,12,33H2,1-2H3,(H,36,39)(H,37,38)/b15-13-,32-20?. The number of anilines is 1. The van der Waals surface area contributed by atoms with Crippen LogP contribution in [-0.2, 0) is 17.5 Å². The second-order valence-corrected chi connectivity index (χ2v) is 8.96. The molecule has 6 N–H and O–H groups in total. The fourth-order valence-corrected chi connectivity index (χ4v) is 3.31. The highest BCUT2D eigenvalue weighted by Gasteiger charge is 2.30. The van der Waals surface area contributed by atoms with Crippen molar-refractivity contribution in [2.24, 2.45) is 5.73 Å². The van der Waals surface area contributed by atoms with Crippen molar-refractivity contribution in [3.8, 4) is 0 Å². The van der Waals surface area contributed by atoms with Gasteiger partial charge in [-0.2, -0.15) is 13.2 Å². The van der Waals surface area contributed by atoms with Gasteiger partial charge >= 0.3 is 6.18 Å². The highest BCUT2D eigenvalue weighted by atomic mass is 19.4. The Balaban J connectivity index is 1.79. The van der Waals surface area contributed by atoms with Crippen molar-refractivity contribution >= 4 is 23.2 Å². The Kier molecular flexibility index (Phi) is 8.64. The second kappa shape index (κ2) is 11.6. The molecule has 1 heterocycles. The molecule has 206 valence electrons. The fraction of sp³-hybridized carbons (Fsp3) is 0.231. The number of benzene rings is 1. The first-order valence-corrected chi connectivity index (χ1v) is 11.4. The lowest BCUT2D eigenvalue weighted by molar-refractivity contribution is -0.137. The Morgan fingerprint density at radius 2 is 1.87 bits per heavy atom. The van der Waals surface area contributed by atoms with E-state index in [2.05, 4.69) is 20.9 Å². The lowest BCUT2D eigenvalue weighted by Crippen LogP contribution is -2.38. The van der Waals surface area contributed by atoms with E-state index in [0.717, 1.165) is 26.0 Å². The lowest BCUT2D eigenvalue weighted by atomic mass is 10.0. The van der Waals surface area contributed by atoms with Crippen molar-refractivity contribution in [2.75, 3.05) is 5.32 Å². The Bertz CT molecular complexity index is 1370. The first-order chi connectivity index (χ1) is 18.1. The number of carbonyl (C=O) groups excluding carboxylic acids is 2. The highest BCUT2D eigenvalue weighted by Crippen LogP contribution is 2.30. The molecule has 1 aliphatic carbocycles. The van der Waals surface area contributed by atoms with Crippen LogP contribution in [0.15, 0.2) is 72.2 Å². The summed E-state index contributed by atoms with van der Waals surface area (Å²) in [5.74, 6) is -1.70. The van der Waals surface area contributed by atoms with E-state index in [9.17, 15) is 31.5 Å². The molecule has 39 heavy (non-hydrogen) atoms. The van der Waals surface area contributed by atoms with Crippen molar-refractivity contribution in [3.63, 3.8) is 0 Å². The molecule has 13 heteroatoms. The molecule has 2 amide bonds. The second-order valence-electron chi connectivity index (χ2n) is 8.96. The van der Waals surface area contributed by atoms with E-state index in [1.165, 1.54) is 48.8 Å². The fourth-order valence-electron chi connectivity index (χ4n) is 3.31. The molecule has 0 spiro atoms. The quantitative estimate of drug-likeness (QED) is 0.243. The summed E-state index contributed by atoms with van der Waals surface area (Å²) in [6.45, 7) is 1.97. The highest BCUT2D eigenvalue weighted by molar-refractivity contribution is 6.10. The maximum Gasteiger partial charge on any atom is 0.416 e. The SMILES string of the molecule is CC(C)(F)C(=O)NCc1cnc(C(N)F)c(C(=O)NC2=C/C(=C/Nc3cccc(C(F)(F)F)c3)C(=N)C=C2)c1. The van der Waals surface area contributed by atoms with Crippen LogP contribution < -0.4 is 21.7 Å². The molecule has 1 atom stereocenters. The van der Waals surface area contributed by atoms with Crippen molar-refractivity contribution in [3.05, 3.63) is 94.6 Å². The Labute approximate surface area is 220 Å². The molecule has 3 rings (SSSR count). The third kappa shape index (κ3) is 7.80. The van der Waals surface area contributed by atoms with E-state index in [4.69, 9.17) is 11.1 Å². The number of pyridine rings is 1. The van der Waals surface area contributed by atoms with Gasteiger partial charge in [-0.25, -0.2) is 8.78 Å². The van der Waals surface area contributed by atoms with Gasteiger partial charge in [-0.3, -0.25) is 20.3 Å². The van der Waals surface area contributed by atoms with E-state index in [-0.39, 0.29) is 46.0 Å². The molecular weight excluding hydrogens is 523 g/mol. The number of nitrogens with zero attached hydrogens (tertiary/aromatic N) is 1. The molecule has 1 aromatic carbocycles. The van der Waals surface area contributed by atoms with Crippen molar-refractivity contribution in [1.29, 1.82) is 5.41 Å². The van der Waals surface area contributed by atoms with E-state index >= 15 is 0 Å². The van der Waals surface area contributed by atoms with Crippen LogP contribution in [0.1, 0.15) is 47.3 Å². The summed E-state index contributed by atoms with van der Waals surface area (Å²) >= 11 is 0. The molecule has 0 bridgehead atoms. The van der Waals surface area contributed by atoms with E-state index in [1.54, 1.807) is 0 Å². The number of halogens is 5. The van der Waals surface area contributed by atoms with Crippen LogP contribution in [0.4, 0.5) is 27.6 Å². The number of carbonyl (C=O) groups is 2. The molecule has 0 aliphatic heterocycles. The predicted molar refractivity (Wildman–Crippen MR) is 135 cm³/mol. The van der Waals surface area contributed by atoms with Gasteiger partial charge in [0.1, 0.15) is 5.69 Å². The maximum absolute atomic E-state index is 14.0. The minimum Gasteiger partial charge on any atom is -0.361 e. The predicted octanol–water partition coefficient (Wildman–Crippen LogP) is 4.59. The van der Waals surface area contributed by atoms with Crippen molar-refractivity contribution in [2.45, 2.75) is 38.5 Å². The third-order valence-corrected chi connectivity index (χ3v) is 5.37. The number of rotatable bonds is 8. The smallest absolute Gasteiger partial charge is 0.361 e. The monoisotopic (exact) mass is 548 g/mol. The molecule has 1 aromatic heterocycles. The first-order valence-electron chi connectivity index (χ1n) is 11.4. The number of nitrogens with two attached hydrogens (primary N) is 1. The van der Waals surface area contributed by atoms with Gasteiger partial charge in [0.05, 0.1) is 16.8 Å². The van der Waals surface area contributed by atoms with Gasteiger partial charge < -0.3 is 21.4 Å². The van der Waals surface area contributed by atoms with Crippen LogP contribution in [0.3, 0.4) is 0 Å². The van der Waals surface area contributed by atoms with Crippen LogP contribution in [0.25, 0.3) is 0 Å². The van der Waals surface area contributed by atoms with E-state index < -0.39 is 35.5 Å². The summed E-state index contributed by atoms with van der Waals surface area (Å²) < 4.78 is 66.6. The summed E-state index contributed by atoms with van der Waals surface area (Å²) in [4.78, 5) is 28.7. The number of alkyl halides is 5. The minimum atomic E-state index is -4.52. The summed E-state index contributed by atoms with van der Waals surface area (Å²) in [5.41, 5.74) is 2.56. The molecule has 0 saturated carbocycles. The Morgan fingerprint density at radius 1 is 1.15 bits per heavy atom. The van der Waals surface area contributed by atoms with Gasteiger partial charge in [-0.1, -0.05) is 6.07 Å². The maximum atomic E-state index is 14.0. The molecule has 0 saturated heterocycles. The van der Waals surface area contributed by atoms with Crippen LogP contribution in [-0.4, -0.2) is 28.2 Å². The summed E-state index contributed by atoms with van der Waals surface area (Å²) in [5, 5.41) is 15.6. The molecule has 1 aliphatic rings. The zero-order valence-corrected chi connectivity index (χ0v) is 20.8. The lowest BCUT2D eigenvalue weighted by Gasteiger charge is -2.16. The van der Waals surface area contributed by atoms with Crippen molar-refractivity contribution in [1.82, 2.24) is 15.6 Å². The van der Waals surface area contributed by atoms with Gasteiger partial charge in [0.2, 0.25) is 0 Å². The van der Waals surface area contributed by atoms with Gasteiger partial charge in [0.25, 0.3) is 11.8 Å². The molecule has 0 radical (unpaired) electrons. The topological polar surface area (TPSA) is 133 Å². The molecular formula is C26H25F5N6O2. The normalized spacial score (nSPS) is 15.5. The van der Waals surface area contributed by atoms with E-state index in [1.807, 2.05) is 0 Å². The van der Waals surface area contributed by atoms with Gasteiger partial charge in [-0.15, -0.1) is 0 Å². The number of nitrogens with one attached hydrogen (secondary N) is 4. The van der Waals surface area contributed by atoms with E-state index in [0.29, 0.717) is 0 Å². The Hall–Kier alpha value is -4.39. The minimum absolute atomic E-state index is 0.00846. The molecule has 2 aromatic rings. The first kappa shape index (κ1) is 29.2. The average Bonchev–Trinajstić information content (AvgIpc) is 2.86. The number of allylic oxidation sites excluding steroid dienone is 4. The zero-order valence-electron chi connectivity index (χ0n) is 20.8. The average molecular weight is 549 g/mol. The number of hydrogen-bond acceptors (Lipinski definition) is 6. The third-order valence-electron chi connectivity index (χ3n) is 5.37. The Morgan fingerprint density at radius 3 is 2.51 bits per heavy atom. The van der Waals surface area contributed by atoms with Crippen LogP contribution in [0.5, 0.6) is 0 Å². The van der Waals surface area contributed by atoms with Crippen molar-refractivity contribution < 1.29 is 31.5 Å². The van der Waals surface area contributed by atoms with Gasteiger partial charge in [0.15, 0.2) is 12.0 Å². The van der Waals surface area contributed by atoms with Crippen LogP contribution >= 0.6 is 0 Å². The zero-order chi connectivity index (χ0) is 29.0. The summed E-state index contributed by atoms with van der Waals surface area (Å²) in [6.07, 6.45) is 0.00121. The van der Waals surface area contributed by atoms with Gasteiger partial charge in [0, 0.05) is 35.9 Å². The van der Waals surface area contributed by atoms with Gasteiger partial charge in [-0.05, 0) is 61.9 Å². The van der Waals surface area contributed by atoms with Crippen LogP contribution in [0.2, 0.25) is 0 Å². The summed E-state index contributed by atoms with van der Waals surface area (Å²) in [6, 6.07) is 5.73. The number of aromatic nitrogens is 1. The molecule has 0 fully saturated rings. The molecule has 8 nitrogen and oxygen atoms in total. The summed E-state index contributed by atoms with van der Waals surface area (Å²) in [7, 11) is 0. The molecule has 1 unspecified atom stereocenters. The number of amides is 2. The number of hydrogen-bond donors (Lipinski definition) is 5.